The van der Waals surface area contributed by atoms with Crippen molar-refractivity contribution in [3.8, 4) is 0 Å². The maximum Gasteiger partial charge on any atom is 0.350 e. The molecule has 0 N–H and O–H groups in total. The van der Waals surface area contributed by atoms with Gasteiger partial charge in [-0.1, -0.05) is 18.2 Å². The lowest BCUT2D eigenvalue weighted by atomic mass is 9.82. The van der Waals surface area contributed by atoms with E-state index in [9.17, 15) is 14.0 Å². The molecule has 1 aromatic carbocycles. The Kier molecular flexibility index (Phi) is 7.62. The van der Waals surface area contributed by atoms with Gasteiger partial charge >= 0.3 is 11.9 Å². The molecule has 0 heterocycles. The second-order valence-corrected chi connectivity index (χ2v) is 7.34. The Hall–Kier alpha value is -1.66. The van der Waals surface area contributed by atoms with Gasteiger partial charge in [-0.3, -0.25) is 4.79 Å². The SMILES string of the molecule is CCOC(=O)C1(OC(=O)C(Cl)c2ccccc2F)CCC(OC(C)C)CC1. The molecule has 1 unspecified atom stereocenters. The number of ether oxygens (including phenoxy) is 3. The van der Waals surface area contributed by atoms with Crippen molar-refractivity contribution in [2.24, 2.45) is 0 Å². The molecule has 0 amide bonds. The molecule has 150 valence electrons. The van der Waals surface area contributed by atoms with Crippen molar-refractivity contribution in [2.75, 3.05) is 6.61 Å². The zero-order valence-electron chi connectivity index (χ0n) is 15.9. The molecule has 1 aliphatic rings. The molecule has 1 aromatic rings. The van der Waals surface area contributed by atoms with E-state index in [4.69, 9.17) is 25.8 Å². The predicted molar refractivity (Wildman–Crippen MR) is 98.9 cm³/mol. The molecular weight excluding hydrogens is 375 g/mol. The average Bonchev–Trinajstić information content (AvgIpc) is 2.63. The number of alkyl halides is 1. The van der Waals surface area contributed by atoms with Crippen molar-refractivity contribution < 1.29 is 28.2 Å². The van der Waals surface area contributed by atoms with Crippen molar-refractivity contribution in [3.05, 3.63) is 35.6 Å². The van der Waals surface area contributed by atoms with E-state index in [1.165, 1.54) is 18.2 Å². The van der Waals surface area contributed by atoms with Crippen LogP contribution in [0.1, 0.15) is 57.4 Å². The monoisotopic (exact) mass is 400 g/mol. The number of carbonyl (C=O) groups is 2. The number of rotatable bonds is 7. The highest BCUT2D eigenvalue weighted by Gasteiger charge is 2.48. The Labute approximate surface area is 164 Å². The van der Waals surface area contributed by atoms with E-state index in [-0.39, 0.29) is 37.2 Å². The number of hydrogen-bond donors (Lipinski definition) is 0. The molecule has 0 bridgehead atoms. The molecule has 7 heteroatoms. The highest BCUT2D eigenvalue weighted by molar-refractivity contribution is 6.30. The van der Waals surface area contributed by atoms with Crippen LogP contribution < -0.4 is 0 Å². The van der Waals surface area contributed by atoms with E-state index >= 15 is 0 Å². The fourth-order valence-electron chi connectivity index (χ4n) is 3.24. The maximum absolute atomic E-state index is 13.9. The van der Waals surface area contributed by atoms with Gasteiger partial charge < -0.3 is 14.2 Å². The van der Waals surface area contributed by atoms with E-state index in [0.29, 0.717) is 12.8 Å². The van der Waals surface area contributed by atoms with Gasteiger partial charge in [-0.2, -0.15) is 0 Å². The van der Waals surface area contributed by atoms with Crippen LogP contribution in [-0.2, 0) is 23.8 Å². The Morgan fingerprint density at radius 1 is 1.26 bits per heavy atom. The van der Waals surface area contributed by atoms with E-state index in [2.05, 4.69) is 0 Å². The van der Waals surface area contributed by atoms with Crippen LogP contribution in [0.5, 0.6) is 0 Å². The Morgan fingerprint density at radius 3 is 2.44 bits per heavy atom. The molecule has 5 nitrogen and oxygen atoms in total. The summed E-state index contributed by atoms with van der Waals surface area (Å²) in [7, 11) is 0. The molecule has 1 saturated carbocycles. The van der Waals surface area contributed by atoms with Gasteiger partial charge in [-0.25, -0.2) is 9.18 Å². The lowest BCUT2D eigenvalue weighted by Crippen LogP contribution is -2.49. The lowest BCUT2D eigenvalue weighted by Gasteiger charge is -2.38. The largest absolute Gasteiger partial charge is 0.463 e. The third-order valence-electron chi connectivity index (χ3n) is 4.53. The standard InChI is InChI=1S/C20H26ClFO5/c1-4-25-19(24)20(11-9-14(10-12-20)26-13(2)3)27-18(23)17(21)15-7-5-6-8-16(15)22/h5-8,13-14,17H,4,9-12H2,1-3H3. The van der Waals surface area contributed by atoms with E-state index < -0.39 is 28.7 Å². The smallest absolute Gasteiger partial charge is 0.350 e. The first-order valence-corrected chi connectivity index (χ1v) is 9.66. The van der Waals surface area contributed by atoms with Crippen LogP contribution in [0.3, 0.4) is 0 Å². The summed E-state index contributed by atoms with van der Waals surface area (Å²) in [5, 5.41) is -1.35. The number of carbonyl (C=O) groups excluding carboxylic acids is 2. The molecule has 0 saturated heterocycles. The van der Waals surface area contributed by atoms with Crippen LogP contribution in [0.4, 0.5) is 4.39 Å². The Bertz CT molecular complexity index is 656. The van der Waals surface area contributed by atoms with E-state index in [1.807, 2.05) is 13.8 Å². The molecule has 0 aromatic heterocycles. The van der Waals surface area contributed by atoms with Gasteiger partial charge in [0.25, 0.3) is 0 Å². The number of esters is 2. The maximum atomic E-state index is 13.9. The van der Waals surface area contributed by atoms with Gasteiger partial charge in [0.15, 0.2) is 5.38 Å². The third kappa shape index (κ3) is 5.42. The van der Waals surface area contributed by atoms with Crippen LogP contribution >= 0.6 is 11.6 Å². The number of benzene rings is 1. The molecule has 0 radical (unpaired) electrons. The normalized spacial score (nSPS) is 23.7. The van der Waals surface area contributed by atoms with Crippen molar-refractivity contribution in [1.82, 2.24) is 0 Å². The zero-order valence-corrected chi connectivity index (χ0v) is 16.6. The van der Waals surface area contributed by atoms with Gasteiger partial charge in [0.1, 0.15) is 5.82 Å². The highest BCUT2D eigenvalue weighted by Crippen LogP contribution is 2.37. The Balaban J connectivity index is 2.14. The second-order valence-electron chi connectivity index (χ2n) is 6.90. The molecule has 0 aliphatic heterocycles. The summed E-state index contributed by atoms with van der Waals surface area (Å²) in [6, 6.07) is 5.72. The van der Waals surface area contributed by atoms with Crippen molar-refractivity contribution in [1.29, 1.82) is 0 Å². The molecule has 0 spiro atoms. The number of hydrogen-bond acceptors (Lipinski definition) is 5. The second kappa shape index (κ2) is 9.51. The molecule has 1 aliphatic carbocycles. The summed E-state index contributed by atoms with van der Waals surface area (Å²) in [6.45, 7) is 5.74. The minimum absolute atomic E-state index is 0.00961. The van der Waals surface area contributed by atoms with E-state index in [1.54, 1.807) is 13.0 Å². The molecule has 1 atom stereocenters. The van der Waals surface area contributed by atoms with Crippen LogP contribution in [0.15, 0.2) is 24.3 Å². The van der Waals surface area contributed by atoms with Gasteiger partial charge in [0, 0.05) is 18.4 Å². The van der Waals surface area contributed by atoms with Crippen LogP contribution in [-0.4, -0.2) is 36.4 Å². The topological polar surface area (TPSA) is 61.8 Å². The lowest BCUT2D eigenvalue weighted by molar-refractivity contribution is -0.190. The Morgan fingerprint density at radius 2 is 1.89 bits per heavy atom. The fourth-order valence-corrected chi connectivity index (χ4v) is 3.46. The first-order valence-electron chi connectivity index (χ1n) is 9.23. The summed E-state index contributed by atoms with van der Waals surface area (Å²) in [4.78, 5) is 25.1. The quantitative estimate of drug-likeness (QED) is 0.504. The third-order valence-corrected chi connectivity index (χ3v) is 4.95. The van der Waals surface area contributed by atoms with Crippen LogP contribution in [0.2, 0.25) is 0 Å². The molecular formula is C20H26ClFO5. The minimum atomic E-state index is -1.41. The minimum Gasteiger partial charge on any atom is -0.463 e. The summed E-state index contributed by atoms with van der Waals surface area (Å²) >= 11 is 6.13. The first kappa shape index (κ1) is 21.6. The molecule has 2 rings (SSSR count). The fraction of sp³-hybridized carbons (Fsp3) is 0.600. The van der Waals surface area contributed by atoms with Crippen molar-refractivity contribution in [2.45, 2.75) is 69.6 Å². The van der Waals surface area contributed by atoms with Crippen molar-refractivity contribution >= 4 is 23.5 Å². The molecule has 1 fully saturated rings. The summed E-state index contributed by atoms with van der Waals surface area (Å²) in [6.07, 6.45) is 1.71. The van der Waals surface area contributed by atoms with Gasteiger partial charge in [-0.15, -0.1) is 11.6 Å². The summed E-state index contributed by atoms with van der Waals surface area (Å²) < 4.78 is 30.4. The van der Waals surface area contributed by atoms with Gasteiger partial charge in [-0.05, 0) is 39.7 Å². The summed E-state index contributed by atoms with van der Waals surface area (Å²) in [5.74, 6) is -2.06. The van der Waals surface area contributed by atoms with Gasteiger partial charge in [0.05, 0.1) is 18.8 Å². The van der Waals surface area contributed by atoms with E-state index in [0.717, 1.165) is 0 Å². The highest BCUT2D eigenvalue weighted by atomic mass is 35.5. The number of halogens is 2. The average molecular weight is 401 g/mol. The van der Waals surface area contributed by atoms with Gasteiger partial charge in [0.2, 0.25) is 5.60 Å². The first-order chi connectivity index (χ1) is 12.8. The van der Waals surface area contributed by atoms with Crippen LogP contribution in [0, 0.1) is 5.82 Å². The zero-order chi connectivity index (χ0) is 20.0. The predicted octanol–water partition coefficient (Wildman–Crippen LogP) is 4.32. The van der Waals surface area contributed by atoms with Crippen molar-refractivity contribution in [3.63, 3.8) is 0 Å². The molecule has 27 heavy (non-hydrogen) atoms. The summed E-state index contributed by atoms with van der Waals surface area (Å²) in [5.41, 5.74) is -1.40. The van der Waals surface area contributed by atoms with Crippen LogP contribution in [0.25, 0.3) is 0 Å².